The minimum Gasteiger partial charge on any atom is -0.382 e. The smallest absolute Gasteiger partial charge is 0.131 e. The highest BCUT2D eigenvalue weighted by Crippen LogP contribution is 2.50. The van der Waals surface area contributed by atoms with Crippen molar-refractivity contribution in [3.8, 4) is 0 Å². The molecule has 0 spiro atoms. The summed E-state index contributed by atoms with van der Waals surface area (Å²) in [7, 11) is 0. The number of quaternary nitrogens is 2. The SMILES string of the molecule is C=C[C@H]1C[N@+]2(Cc3cccc(C[N@@+]45CC[C@@H](C[C@@H]4[C@@H](O)c4ccnc6ccccc46)[C@@H](C=C)C5)c3)CC[C@H]1C[C@@H]2[C@@H](O)c1ccnc2ccccc12. The molecule has 266 valence electrons. The first-order chi connectivity index (χ1) is 25.4. The maximum Gasteiger partial charge on any atom is 0.131 e. The van der Waals surface area contributed by atoms with Gasteiger partial charge in [-0.1, -0.05) is 66.7 Å². The number of hydrogen-bond donors (Lipinski definition) is 2. The van der Waals surface area contributed by atoms with Crippen molar-refractivity contribution in [1.82, 2.24) is 9.97 Å². The number of pyridine rings is 2. The molecule has 6 fully saturated rings. The van der Waals surface area contributed by atoms with Crippen LogP contribution in [0, 0.1) is 23.7 Å². The highest BCUT2D eigenvalue weighted by atomic mass is 16.3. The van der Waals surface area contributed by atoms with Gasteiger partial charge in [0.2, 0.25) is 0 Å². The summed E-state index contributed by atoms with van der Waals surface area (Å²) in [6, 6.07) is 30.0. The Kier molecular flexibility index (Phi) is 8.62. The summed E-state index contributed by atoms with van der Waals surface area (Å²) in [5.41, 5.74) is 6.54. The fourth-order valence-corrected chi connectivity index (χ4v) is 11.5. The van der Waals surface area contributed by atoms with Crippen molar-refractivity contribution in [2.24, 2.45) is 23.7 Å². The minimum absolute atomic E-state index is 0.107. The largest absolute Gasteiger partial charge is 0.382 e. The summed E-state index contributed by atoms with van der Waals surface area (Å²) in [6.45, 7) is 14.5. The average molecular weight is 693 g/mol. The lowest BCUT2D eigenvalue weighted by molar-refractivity contribution is -0.985. The molecule has 3 aromatic carbocycles. The fraction of sp³-hybridized carbons (Fsp3) is 0.391. The molecule has 6 saturated heterocycles. The molecule has 8 heterocycles. The van der Waals surface area contributed by atoms with Gasteiger partial charge < -0.3 is 19.2 Å². The van der Waals surface area contributed by atoms with E-state index in [4.69, 9.17) is 0 Å². The molecule has 5 aromatic rings. The molecule has 2 N–H and O–H groups in total. The van der Waals surface area contributed by atoms with Crippen molar-refractivity contribution in [2.45, 2.75) is 63.1 Å². The first kappa shape index (κ1) is 33.6. The van der Waals surface area contributed by atoms with Crippen molar-refractivity contribution in [1.29, 1.82) is 0 Å². The van der Waals surface area contributed by atoms with E-state index in [1.165, 1.54) is 24.0 Å². The molecule has 0 radical (unpaired) electrons. The van der Waals surface area contributed by atoms with E-state index in [0.717, 1.165) is 94.0 Å². The lowest BCUT2D eigenvalue weighted by atomic mass is 9.71. The number of benzene rings is 3. The molecule has 0 aliphatic carbocycles. The van der Waals surface area contributed by atoms with Gasteiger partial charge >= 0.3 is 0 Å². The van der Waals surface area contributed by atoms with Gasteiger partial charge in [0.15, 0.2) is 0 Å². The number of nitrogens with zero attached hydrogens (tertiary/aromatic N) is 4. The Morgan fingerprint density at radius 1 is 0.635 bits per heavy atom. The zero-order valence-electron chi connectivity index (χ0n) is 30.2. The Bertz CT molecular complexity index is 1980. The van der Waals surface area contributed by atoms with E-state index in [0.29, 0.717) is 23.7 Å². The minimum atomic E-state index is -0.569. The average Bonchev–Trinajstić information content (AvgIpc) is 3.19. The fourth-order valence-electron chi connectivity index (χ4n) is 11.5. The lowest BCUT2D eigenvalue weighted by Crippen LogP contribution is -2.67. The molecule has 6 nitrogen and oxygen atoms in total. The standard InChI is InChI=1S/C46H52N4O2/c1-3-33-29-49(22-18-35(33)25-43(49)45(51)39-16-20-47-41-14-7-5-12-37(39)41)27-31-10-9-11-32(24-31)28-50-23-19-36(34(4-2)30-50)26-44(50)46(52)40-17-21-48-42-15-8-6-13-38(40)42/h3-17,20-21,24,33-36,43-46,51-52H,1-2,18-19,22-23,25-30H2/q+2/t33-,34-,35-,36-,43+,44+,45-,46-,49+,50+/m0/s1. The van der Waals surface area contributed by atoms with Crippen LogP contribution in [0.3, 0.4) is 0 Å². The van der Waals surface area contributed by atoms with Gasteiger partial charge in [0.05, 0.1) is 37.2 Å². The maximum atomic E-state index is 12.3. The van der Waals surface area contributed by atoms with Gasteiger partial charge in [0.25, 0.3) is 0 Å². The number of fused-ring (bicyclic) bond motifs is 8. The molecule has 6 aliphatic heterocycles. The van der Waals surface area contributed by atoms with E-state index in [1.54, 1.807) is 0 Å². The number of piperidine rings is 6. The monoisotopic (exact) mass is 692 g/mol. The number of aromatic nitrogens is 2. The second-order valence-corrected chi connectivity index (χ2v) is 16.6. The van der Waals surface area contributed by atoms with Gasteiger partial charge in [-0.25, -0.2) is 0 Å². The van der Waals surface area contributed by atoms with Crippen molar-refractivity contribution >= 4 is 21.8 Å². The third kappa shape index (κ3) is 5.63. The molecule has 52 heavy (non-hydrogen) atoms. The van der Waals surface area contributed by atoms with Crippen LogP contribution >= 0.6 is 0 Å². The van der Waals surface area contributed by atoms with Gasteiger partial charge in [-0.15, -0.1) is 13.2 Å². The van der Waals surface area contributed by atoms with Gasteiger partial charge in [0.1, 0.15) is 37.4 Å². The molecular formula is C46H52N4O2+2. The number of hydrogen-bond acceptors (Lipinski definition) is 4. The van der Waals surface area contributed by atoms with E-state index < -0.39 is 12.2 Å². The predicted molar refractivity (Wildman–Crippen MR) is 208 cm³/mol. The van der Waals surface area contributed by atoms with Gasteiger partial charge in [-0.05, 0) is 53.3 Å². The quantitative estimate of drug-likeness (QED) is 0.115. The number of aliphatic hydroxyl groups excluding tert-OH is 2. The second kappa shape index (κ2) is 13.3. The Balaban J connectivity index is 1.04. The third-order valence-electron chi connectivity index (χ3n) is 14.1. The molecule has 0 unspecified atom stereocenters. The van der Waals surface area contributed by atoms with Crippen LogP contribution in [-0.2, 0) is 13.1 Å². The van der Waals surface area contributed by atoms with Crippen LogP contribution < -0.4 is 0 Å². The molecule has 0 amide bonds. The first-order valence-electron chi connectivity index (χ1n) is 19.5. The van der Waals surface area contributed by atoms with E-state index in [9.17, 15) is 10.2 Å². The van der Waals surface area contributed by atoms with Crippen molar-refractivity contribution in [3.05, 3.63) is 145 Å². The Hall–Kier alpha value is -4.20. The topological polar surface area (TPSA) is 66.2 Å². The van der Waals surface area contributed by atoms with Crippen LogP contribution in [-0.4, -0.2) is 67.4 Å². The zero-order valence-corrected chi connectivity index (χ0v) is 30.2. The molecule has 4 bridgehead atoms. The summed E-state index contributed by atoms with van der Waals surface area (Å²) < 4.78 is 1.76. The number of para-hydroxylation sites is 2. The molecular weight excluding hydrogens is 641 g/mol. The summed E-state index contributed by atoms with van der Waals surface area (Å²) in [6.07, 6.45) is 11.3. The van der Waals surface area contributed by atoms with Crippen LogP contribution in [0.2, 0.25) is 0 Å². The van der Waals surface area contributed by atoms with Crippen molar-refractivity contribution in [3.63, 3.8) is 0 Å². The van der Waals surface area contributed by atoms with Crippen molar-refractivity contribution < 1.29 is 19.2 Å². The number of rotatable bonds is 10. The van der Waals surface area contributed by atoms with E-state index in [1.807, 2.05) is 60.9 Å². The summed E-state index contributed by atoms with van der Waals surface area (Å²) in [5, 5.41) is 26.7. The van der Waals surface area contributed by atoms with Crippen LogP contribution in [0.1, 0.15) is 60.1 Å². The van der Waals surface area contributed by atoms with E-state index >= 15 is 0 Å². The second-order valence-electron chi connectivity index (χ2n) is 16.6. The summed E-state index contributed by atoms with van der Waals surface area (Å²) in [4.78, 5) is 9.21. The predicted octanol–water partition coefficient (Wildman–Crippen LogP) is 8.07. The summed E-state index contributed by atoms with van der Waals surface area (Å²) >= 11 is 0. The maximum absolute atomic E-state index is 12.3. The molecule has 11 rings (SSSR count). The normalized spacial score (nSPS) is 32.1. The molecule has 10 atom stereocenters. The Morgan fingerprint density at radius 2 is 1.10 bits per heavy atom. The van der Waals surface area contributed by atoms with Crippen LogP contribution in [0.4, 0.5) is 0 Å². The van der Waals surface area contributed by atoms with Gasteiger partial charge in [0, 0.05) is 71.8 Å². The van der Waals surface area contributed by atoms with E-state index in [2.05, 4.69) is 71.7 Å². The molecule has 6 aliphatic rings. The highest BCUT2D eigenvalue weighted by molar-refractivity contribution is 5.83. The lowest BCUT2D eigenvalue weighted by Gasteiger charge is -2.58. The first-order valence-corrected chi connectivity index (χ1v) is 19.5. The van der Waals surface area contributed by atoms with Crippen LogP contribution in [0.15, 0.2) is 123 Å². The Morgan fingerprint density at radius 3 is 1.56 bits per heavy atom. The van der Waals surface area contributed by atoms with Crippen LogP contribution in [0.25, 0.3) is 21.8 Å². The third-order valence-corrected chi connectivity index (χ3v) is 14.1. The summed E-state index contributed by atoms with van der Waals surface area (Å²) in [5.74, 6) is 2.05. The Labute approximate surface area is 308 Å². The van der Waals surface area contributed by atoms with Gasteiger partial charge in [-0.3, -0.25) is 9.97 Å². The highest BCUT2D eigenvalue weighted by Gasteiger charge is 2.55. The molecule has 2 aromatic heterocycles. The molecule has 0 saturated carbocycles. The zero-order chi connectivity index (χ0) is 35.5. The van der Waals surface area contributed by atoms with Gasteiger partial charge in [-0.2, -0.15) is 0 Å². The van der Waals surface area contributed by atoms with Crippen LogP contribution in [0.5, 0.6) is 0 Å². The number of aliphatic hydroxyl groups is 2. The van der Waals surface area contributed by atoms with E-state index in [-0.39, 0.29) is 12.1 Å². The van der Waals surface area contributed by atoms with Crippen molar-refractivity contribution in [2.75, 3.05) is 26.2 Å². The molecule has 6 heteroatoms.